The number of carboxylic acids is 1. The molecule has 0 aliphatic heterocycles. The third kappa shape index (κ3) is 8.50. The summed E-state index contributed by atoms with van der Waals surface area (Å²) in [5.41, 5.74) is 1.02. The second-order valence-corrected chi connectivity index (χ2v) is 6.79. The van der Waals surface area contributed by atoms with E-state index in [2.05, 4.69) is 10.6 Å². The molecule has 0 saturated carbocycles. The van der Waals surface area contributed by atoms with Gasteiger partial charge in [0.2, 0.25) is 5.91 Å². The van der Waals surface area contributed by atoms with E-state index in [1.807, 2.05) is 44.2 Å². The Hall–Kier alpha value is -2.57. The molecule has 0 heterocycles. The summed E-state index contributed by atoms with van der Waals surface area (Å²) in [7, 11) is 1.69. The van der Waals surface area contributed by atoms with Crippen LogP contribution in [0.15, 0.2) is 30.3 Å². The van der Waals surface area contributed by atoms with Gasteiger partial charge in [-0.25, -0.2) is 4.79 Å². The fourth-order valence-corrected chi connectivity index (χ4v) is 2.51. The van der Waals surface area contributed by atoms with Crippen molar-refractivity contribution in [2.24, 2.45) is 11.8 Å². The number of nitrogens with one attached hydrogen (secondary N) is 2. The highest BCUT2D eigenvalue weighted by Crippen LogP contribution is 2.11. The standard InChI is InChI=1S/C19H29N3O4/c1-14(2)11-16(18(24)25)12-21-17(23)9-10-20-19(26)22(3)13-15-7-5-4-6-8-15/h4-8,14,16H,9-13H2,1-3H3,(H,20,26)(H,21,23)(H,24,25). The van der Waals surface area contributed by atoms with Gasteiger partial charge in [-0.1, -0.05) is 44.2 Å². The lowest BCUT2D eigenvalue weighted by Crippen LogP contribution is -2.39. The maximum atomic E-state index is 12.0. The van der Waals surface area contributed by atoms with Crippen LogP contribution in [0.2, 0.25) is 0 Å². The Kier molecular flexibility index (Phi) is 9.19. The van der Waals surface area contributed by atoms with Crippen molar-refractivity contribution < 1.29 is 19.5 Å². The lowest BCUT2D eigenvalue weighted by Gasteiger charge is -2.18. The molecule has 1 unspecified atom stereocenters. The van der Waals surface area contributed by atoms with E-state index in [9.17, 15) is 14.4 Å². The minimum absolute atomic E-state index is 0.105. The fraction of sp³-hybridized carbons (Fsp3) is 0.526. The second kappa shape index (κ2) is 11.1. The van der Waals surface area contributed by atoms with Gasteiger partial charge in [0.15, 0.2) is 0 Å². The van der Waals surface area contributed by atoms with Crippen molar-refractivity contribution in [3.8, 4) is 0 Å². The Morgan fingerprint density at radius 3 is 2.35 bits per heavy atom. The Morgan fingerprint density at radius 1 is 1.12 bits per heavy atom. The number of hydrogen-bond acceptors (Lipinski definition) is 3. The van der Waals surface area contributed by atoms with Crippen molar-refractivity contribution in [1.82, 2.24) is 15.5 Å². The van der Waals surface area contributed by atoms with Gasteiger partial charge in [-0.2, -0.15) is 0 Å². The zero-order valence-electron chi connectivity index (χ0n) is 15.7. The van der Waals surface area contributed by atoms with Crippen LogP contribution in [-0.2, 0) is 16.1 Å². The van der Waals surface area contributed by atoms with E-state index >= 15 is 0 Å². The molecule has 0 aliphatic carbocycles. The predicted octanol–water partition coefficient (Wildman–Crippen LogP) is 2.08. The number of hydrogen-bond donors (Lipinski definition) is 3. The molecule has 0 fully saturated rings. The van der Waals surface area contributed by atoms with Crippen LogP contribution in [0, 0.1) is 11.8 Å². The molecule has 0 spiro atoms. The molecule has 3 amide bonds. The highest BCUT2D eigenvalue weighted by molar-refractivity contribution is 5.79. The zero-order valence-corrected chi connectivity index (χ0v) is 15.7. The van der Waals surface area contributed by atoms with E-state index in [-0.39, 0.29) is 37.4 Å². The smallest absolute Gasteiger partial charge is 0.317 e. The van der Waals surface area contributed by atoms with E-state index in [1.54, 1.807) is 7.05 Å². The minimum atomic E-state index is -0.908. The third-order valence-corrected chi connectivity index (χ3v) is 3.89. The summed E-state index contributed by atoms with van der Waals surface area (Å²) < 4.78 is 0. The summed E-state index contributed by atoms with van der Waals surface area (Å²) in [6, 6.07) is 9.35. The first-order chi connectivity index (χ1) is 12.3. The van der Waals surface area contributed by atoms with Crippen LogP contribution >= 0.6 is 0 Å². The molecule has 0 radical (unpaired) electrons. The lowest BCUT2D eigenvalue weighted by molar-refractivity contribution is -0.142. The summed E-state index contributed by atoms with van der Waals surface area (Å²) in [6.07, 6.45) is 0.621. The van der Waals surface area contributed by atoms with E-state index in [4.69, 9.17) is 5.11 Å². The molecular formula is C19H29N3O4. The molecule has 1 atom stereocenters. The Labute approximate surface area is 154 Å². The number of benzene rings is 1. The molecule has 0 aliphatic rings. The van der Waals surface area contributed by atoms with Crippen molar-refractivity contribution >= 4 is 17.9 Å². The predicted molar refractivity (Wildman–Crippen MR) is 99.5 cm³/mol. The Morgan fingerprint density at radius 2 is 1.77 bits per heavy atom. The number of aliphatic carboxylic acids is 1. The molecule has 144 valence electrons. The van der Waals surface area contributed by atoms with Gasteiger partial charge >= 0.3 is 12.0 Å². The number of amides is 3. The van der Waals surface area contributed by atoms with E-state index in [1.165, 1.54) is 4.90 Å². The molecule has 0 aromatic heterocycles. The van der Waals surface area contributed by atoms with Crippen LogP contribution in [0.4, 0.5) is 4.79 Å². The van der Waals surface area contributed by atoms with Crippen LogP contribution < -0.4 is 10.6 Å². The molecule has 1 aromatic rings. The highest BCUT2D eigenvalue weighted by Gasteiger charge is 2.19. The quantitative estimate of drug-likeness (QED) is 0.593. The van der Waals surface area contributed by atoms with Gasteiger partial charge < -0.3 is 20.6 Å². The number of carboxylic acid groups (broad SMARTS) is 1. The number of nitrogens with zero attached hydrogens (tertiary/aromatic N) is 1. The van der Waals surface area contributed by atoms with Crippen molar-refractivity contribution in [3.05, 3.63) is 35.9 Å². The van der Waals surface area contributed by atoms with E-state index in [0.29, 0.717) is 13.0 Å². The lowest BCUT2D eigenvalue weighted by atomic mass is 9.97. The monoisotopic (exact) mass is 363 g/mol. The number of carbonyl (C=O) groups is 3. The zero-order chi connectivity index (χ0) is 19.5. The first-order valence-corrected chi connectivity index (χ1v) is 8.82. The van der Waals surface area contributed by atoms with Crippen LogP contribution in [0.25, 0.3) is 0 Å². The summed E-state index contributed by atoms with van der Waals surface area (Å²) in [5, 5.41) is 14.5. The van der Waals surface area contributed by atoms with E-state index < -0.39 is 11.9 Å². The average Bonchev–Trinajstić information content (AvgIpc) is 2.58. The van der Waals surface area contributed by atoms with Crippen molar-refractivity contribution in [3.63, 3.8) is 0 Å². The highest BCUT2D eigenvalue weighted by atomic mass is 16.4. The fourth-order valence-electron chi connectivity index (χ4n) is 2.51. The van der Waals surface area contributed by atoms with Crippen LogP contribution in [0.3, 0.4) is 0 Å². The SMILES string of the molecule is CC(C)CC(CNC(=O)CCNC(=O)N(C)Cc1ccccc1)C(=O)O. The summed E-state index contributed by atoms with van der Waals surface area (Å²) in [4.78, 5) is 36.5. The molecule has 0 bridgehead atoms. The average molecular weight is 363 g/mol. The molecule has 0 saturated heterocycles. The Bertz CT molecular complexity index is 590. The number of carbonyl (C=O) groups excluding carboxylic acids is 2. The first kappa shape index (κ1) is 21.5. The minimum Gasteiger partial charge on any atom is -0.481 e. The summed E-state index contributed by atoms with van der Waals surface area (Å²) in [5.74, 6) is -1.53. The molecule has 3 N–H and O–H groups in total. The Balaban J connectivity index is 2.27. The van der Waals surface area contributed by atoms with Gasteiger partial charge in [-0.15, -0.1) is 0 Å². The van der Waals surface area contributed by atoms with E-state index in [0.717, 1.165) is 5.56 Å². The van der Waals surface area contributed by atoms with Crippen molar-refractivity contribution in [2.45, 2.75) is 33.2 Å². The molecule has 7 nitrogen and oxygen atoms in total. The summed E-state index contributed by atoms with van der Waals surface area (Å²) in [6.45, 7) is 4.67. The van der Waals surface area contributed by atoms with Crippen LogP contribution in [0.5, 0.6) is 0 Å². The van der Waals surface area contributed by atoms with Crippen molar-refractivity contribution in [2.75, 3.05) is 20.1 Å². The van der Waals surface area contributed by atoms with Gasteiger partial charge in [0.1, 0.15) is 0 Å². The van der Waals surface area contributed by atoms with Crippen molar-refractivity contribution in [1.29, 1.82) is 0 Å². The maximum absolute atomic E-state index is 12.0. The van der Waals surface area contributed by atoms with Gasteiger partial charge in [0.05, 0.1) is 5.92 Å². The molecule has 1 rings (SSSR count). The molecule has 7 heteroatoms. The van der Waals surface area contributed by atoms with Gasteiger partial charge in [0, 0.05) is 33.1 Å². The molecular weight excluding hydrogens is 334 g/mol. The topological polar surface area (TPSA) is 98.7 Å². The molecule has 26 heavy (non-hydrogen) atoms. The number of rotatable bonds is 10. The maximum Gasteiger partial charge on any atom is 0.317 e. The van der Waals surface area contributed by atoms with Gasteiger partial charge in [-0.3, -0.25) is 9.59 Å². The van der Waals surface area contributed by atoms with Gasteiger partial charge in [-0.05, 0) is 17.9 Å². The first-order valence-electron chi connectivity index (χ1n) is 8.82. The normalized spacial score (nSPS) is 11.7. The van der Waals surface area contributed by atoms with Gasteiger partial charge in [0.25, 0.3) is 0 Å². The van der Waals surface area contributed by atoms with Crippen LogP contribution in [0.1, 0.15) is 32.3 Å². The largest absolute Gasteiger partial charge is 0.481 e. The molecule has 1 aromatic carbocycles. The number of urea groups is 1. The second-order valence-electron chi connectivity index (χ2n) is 6.79. The van der Waals surface area contributed by atoms with Crippen LogP contribution in [-0.4, -0.2) is 48.1 Å². The third-order valence-electron chi connectivity index (χ3n) is 3.89. The summed E-state index contributed by atoms with van der Waals surface area (Å²) >= 11 is 0.